The lowest BCUT2D eigenvalue weighted by Crippen LogP contribution is -2.25. The monoisotopic (exact) mass is 193 g/mol. The van der Waals surface area contributed by atoms with Gasteiger partial charge in [0.05, 0.1) is 12.3 Å². The Kier molecular flexibility index (Phi) is 3.25. The summed E-state index contributed by atoms with van der Waals surface area (Å²) in [6.07, 6.45) is 7.23. The Balaban J connectivity index is 1.92. The smallest absolute Gasteiger partial charge is 0.120 e. The predicted octanol–water partition coefficient (Wildman–Crippen LogP) is 3.12. The summed E-state index contributed by atoms with van der Waals surface area (Å²) in [6.45, 7) is 3.16. The van der Waals surface area contributed by atoms with Gasteiger partial charge in [0.25, 0.3) is 0 Å². The Morgan fingerprint density at radius 2 is 2.43 bits per heavy atom. The van der Waals surface area contributed by atoms with Crippen LogP contribution in [-0.2, 0) is 0 Å². The minimum absolute atomic E-state index is 0.431. The van der Waals surface area contributed by atoms with Crippen LogP contribution in [0, 0.1) is 5.92 Å². The van der Waals surface area contributed by atoms with Gasteiger partial charge in [0.1, 0.15) is 5.76 Å². The van der Waals surface area contributed by atoms with Crippen LogP contribution in [0.1, 0.15) is 44.4 Å². The second-order valence-corrected chi connectivity index (χ2v) is 4.16. The third kappa shape index (κ3) is 2.18. The second kappa shape index (κ2) is 4.65. The Morgan fingerprint density at radius 1 is 1.57 bits per heavy atom. The molecular formula is C12H19NO. The van der Waals surface area contributed by atoms with Crippen LogP contribution in [0.15, 0.2) is 22.8 Å². The average molecular weight is 193 g/mol. The van der Waals surface area contributed by atoms with Gasteiger partial charge in [-0.25, -0.2) is 0 Å². The van der Waals surface area contributed by atoms with Gasteiger partial charge >= 0.3 is 0 Å². The Bertz CT molecular complexity index is 251. The minimum Gasteiger partial charge on any atom is -0.468 e. The van der Waals surface area contributed by atoms with Crippen LogP contribution < -0.4 is 5.32 Å². The Hall–Kier alpha value is -0.760. The number of rotatable bonds is 5. The summed E-state index contributed by atoms with van der Waals surface area (Å²) in [6, 6.07) is 4.48. The lowest BCUT2D eigenvalue weighted by molar-refractivity contribution is 0.248. The molecule has 1 aliphatic rings. The summed E-state index contributed by atoms with van der Waals surface area (Å²) in [5.74, 6) is 2.02. The Labute approximate surface area is 85.7 Å². The van der Waals surface area contributed by atoms with E-state index in [1.807, 2.05) is 6.07 Å². The van der Waals surface area contributed by atoms with Crippen LogP contribution in [-0.4, -0.2) is 6.54 Å². The molecule has 2 nitrogen and oxygen atoms in total. The molecule has 1 aromatic heterocycles. The molecule has 0 bridgehead atoms. The van der Waals surface area contributed by atoms with Gasteiger partial charge < -0.3 is 9.73 Å². The third-order valence-electron chi connectivity index (χ3n) is 3.13. The highest BCUT2D eigenvalue weighted by atomic mass is 16.3. The zero-order chi connectivity index (χ0) is 9.80. The molecule has 2 rings (SSSR count). The molecule has 0 radical (unpaired) electrons. The van der Waals surface area contributed by atoms with Gasteiger partial charge in [0, 0.05) is 0 Å². The highest BCUT2D eigenvalue weighted by Crippen LogP contribution is 2.34. The van der Waals surface area contributed by atoms with Crippen molar-refractivity contribution in [1.82, 2.24) is 5.32 Å². The van der Waals surface area contributed by atoms with E-state index >= 15 is 0 Å². The molecular weight excluding hydrogens is 174 g/mol. The molecule has 1 atom stereocenters. The number of hydrogen-bond acceptors (Lipinski definition) is 2. The van der Waals surface area contributed by atoms with Gasteiger partial charge in [-0.3, -0.25) is 0 Å². The topological polar surface area (TPSA) is 25.2 Å². The van der Waals surface area contributed by atoms with Crippen LogP contribution in [0.25, 0.3) is 0 Å². The van der Waals surface area contributed by atoms with E-state index in [9.17, 15) is 0 Å². The molecule has 1 aromatic rings. The molecule has 1 saturated carbocycles. The first-order chi connectivity index (χ1) is 6.90. The number of nitrogens with one attached hydrogen (secondary N) is 1. The summed E-state index contributed by atoms with van der Waals surface area (Å²) in [5.41, 5.74) is 0. The van der Waals surface area contributed by atoms with Crippen molar-refractivity contribution in [1.29, 1.82) is 0 Å². The van der Waals surface area contributed by atoms with Crippen molar-refractivity contribution in [2.24, 2.45) is 5.92 Å². The summed E-state index contributed by atoms with van der Waals surface area (Å²) >= 11 is 0. The van der Waals surface area contributed by atoms with Gasteiger partial charge in [0.2, 0.25) is 0 Å². The number of hydrogen-bond donors (Lipinski definition) is 1. The molecule has 14 heavy (non-hydrogen) atoms. The zero-order valence-corrected chi connectivity index (χ0v) is 8.83. The zero-order valence-electron chi connectivity index (χ0n) is 8.83. The molecule has 0 amide bonds. The van der Waals surface area contributed by atoms with Crippen LogP contribution in [0.5, 0.6) is 0 Å². The van der Waals surface area contributed by atoms with Gasteiger partial charge in [0.15, 0.2) is 0 Å². The van der Waals surface area contributed by atoms with Crippen molar-refractivity contribution < 1.29 is 4.42 Å². The molecule has 1 heterocycles. The van der Waals surface area contributed by atoms with E-state index in [-0.39, 0.29) is 0 Å². The van der Waals surface area contributed by atoms with Crippen molar-refractivity contribution in [3.63, 3.8) is 0 Å². The maximum absolute atomic E-state index is 5.46. The van der Waals surface area contributed by atoms with Crippen LogP contribution in [0.3, 0.4) is 0 Å². The fraction of sp³-hybridized carbons (Fsp3) is 0.667. The van der Waals surface area contributed by atoms with Gasteiger partial charge in [-0.2, -0.15) is 0 Å². The minimum atomic E-state index is 0.431. The van der Waals surface area contributed by atoms with E-state index in [0.29, 0.717) is 6.04 Å². The standard InChI is InChI=1S/C12H19NO/c1-2-13-11(9-10-5-3-6-10)12-7-4-8-14-12/h4,7-8,10-11,13H,2-3,5-6,9H2,1H3. The van der Waals surface area contributed by atoms with Crippen molar-refractivity contribution >= 4 is 0 Å². The fourth-order valence-corrected chi connectivity index (χ4v) is 2.10. The molecule has 2 heteroatoms. The summed E-state index contributed by atoms with van der Waals surface area (Å²) in [5, 5.41) is 3.49. The summed E-state index contributed by atoms with van der Waals surface area (Å²) in [7, 11) is 0. The molecule has 0 spiro atoms. The lowest BCUT2D eigenvalue weighted by Gasteiger charge is -2.29. The van der Waals surface area contributed by atoms with Crippen molar-refractivity contribution in [3.05, 3.63) is 24.2 Å². The summed E-state index contributed by atoms with van der Waals surface area (Å²) < 4.78 is 5.46. The third-order valence-corrected chi connectivity index (χ3v) is 3.13. The first-order valence-electron chi connectivity index (χ1n) is 5.67. The maximum atomic E-state index is 5.46. The lowest BCUT2D eigenvalue weighted by atomic mass is 9.80. The SMILES string of the molecule is CCNC(CC1CCC1)c1ccco1. The molecule has 1 aliphatic carbocycles. The van der Waals surface area contributed by atoms with Crippen LogP contribution in [0.4, 0.5) is 0 Å². The van der Waals surface area contributed by atoms with Crippen molar-refractivity contribution in [2.45, 2.75) is 38.6 Å². The predicted molar refractivity (Wildman–Crippen MR) is 57.1 cm³/mol. The first-order valence-corrected chi connectivity index (χ1v) is 5.67. The fourth-order valence-electron chi connectivity index (χ4n) is 2.10. The Morgan fingerprint density at radius 3 is 2.93 bits per heavy atom. The summed E-state index contributed by atoms with van der Waals surface area (Å²) in [4.78, 5) is 0. The maximum Gasteiger partial charge on any atom is 0.120 e. The normalized spacial score (nSPS) is 19.2. The molecule has 0 saturated heterocycles. The van der Waals surface area contributed by atoms with Gasteiger partial charge in [-0.05, 0) is 31.0 Å². The van der Waals surface area contributed by atoms with Crippen LogP contribution >= 0.6 is 0 Å². The highest BCUT2D eigenvalue weighted by Gasteiger charge is 2.23. The van der Waals surface area contributed by atoms with Crippen LogP contribution in [0.2, 0.25) is 0 Å². The molecule has 1 fully saturated rings. The first kappa shape index (κ1) is 9.78. The largest absolute Gasteiger partial charge is 0.468 e. The molecule has 0 aromatic carbocycles. The van der Waals surface area contributed by atoms with Crippen molar-refractivity contribution in [2.75, 3.05) is 6.54 Å². The molecule has 1 N–H and O–H groups in total. The highest BCUT2D eigenvalue weighted by molar-refractivity contribution is 5.04. The average Bonchev–Trinajstić information content (AvgIpc) is 2.61. The van der Waals surface area contributed by atoms with E-state index in [2.05, 4.69) is 18.3 Å². The molecule has 1 unspecified atom stereocenters. The number of furan rings is 1. The molecule has 0 aliphatic heterocycles. The quantitative estimate of drug-likeness (QED) is 0.777. The van der Waals surface area contributed by atoms with E-state index in [1.54, 1.807) is 6.26 Å². The van der Waals surface area contributed by atoms with Gasteiger partial charge in [-0.15, -0.1) is 0 Å². The van der Waals surface area contributed by atoms with Gasteiger partial charge in [-0.1, -0.05) is 26.2 Å². The van der Waals surface area contributed by atoms with E-state index in [1.165, 1.54) is 25.7 Å². The van der Waals surface area contributed by atoms with E-state index in [0.717, 1.165) is 18.2 Å². The second-order valence-electron chi connectivity index (χ2n) is 4.16. The molecule has 78 valence electrons. The van der Waals surface area contributed by atoms with E-state index < -0.39 is 0 Å². The van der Waals surface area contributed by atoms with E-state index in [4.69, 9.17) is 4.42 Å². The van der Waals surface area contributed by atoms with Crippen molar-refractivity contribution in [3.8, 4) is 0 Å².